The minimum Gasteiger partial charge on any atom is -0.391 e. The van der Waals surface area contributed by atoms with Crippen LogP contribution in [0.5, 0.6) is 0 Å². The zero-order valence-corrected chi connectivity index (χ0v) is 9.95. The number of rotatable bonds is 3. The molecule has 1 aliphatic heterocycles. The summed E-state index contributed by atoms with van der Waals surface area (Å²) in [6.45, 7) is 1.29. The summed E-state index contributed by atoms with van der Waals surface area (Å²) in [5.74, 6) is -3.05. The van der Waals surface area contributed by atoms with Crippen molar-refractivity contribution in [3.8, 4) is 0 Å². The molecule has 0 aromatic carbocycles. The van der Waals surface area contributed by atoms with Crippen molar-refractivity contribution in [1.29, 1.82) is 0 Å². The van der Waals surface area contributed by atoms with Crippen LogP contribution in [0.2, 0.25) is 0 Å². The Morgan fingerprint density at radius 3 is 2.89 bits per heavy atom. The largest absolute Gasteiger partial charge is 0.391 e. The highest BCUT2D eigenvalue weighted by molar-refractivity contribution is 5.33. The maximum atomic E-state index is 14.0. The number of ether oxygens (including phenoxy) is 1. The molecule has 0 aliphatic carbocycles. The Hall–Kier alpha value is -1.55. The van der Waals surface area contributed by atoms with Crippen molar-refractivity contribution in [2.24, 2.45) is 0 Å². The summed E-state index contributed by atoms with van der Waals surface area (Å²) in [4.78, 5) is 16.6. The standard InChI is InChI=1S/C10H14FN3O5/c1-4(15)6-7(16)10(11,18)8(19-6)13-5-2-3-12-9(17)14-5/h2-4,6-8,15-16,18H,1H3,(H2,12,13,14,17)/t4-,6-,7-,8+,10+/m1/s1. The molecule has 1 saturated heterocycles. The summed E-state index contributed by atoms with van der Waals surface area (Å²) < 4.78 is 19.0. The molecule has 9 heteroatoms. The molecule has 0 radical (unpaired) electrons. The Balaban J connectivity index is 2.19. The van der Waals surface area contributed by atoms with E-state index >= 15 is 0 Å². The summed E-state index contributed by atoms with van der Waals surface area (Å²) in [7, 11) is 0. The third-order valence-corrected chi connectivity index (χ3v) is 2.82. The lowest BCUT2D eigenvalue weighted by atomic mass is 10.1. The Morgan fingerprint density at radius 1 is 1.68 bits per heavy atom. The fourth-order valence-corrected chi connectivity index (χ4v) is 1.82. The van der Waals surface area contributed by atoms with Crippen molar-refractivity contribution in [3.63, 3.8) is 0 Å². The molecule has 5 N–H and O–H groups in total. The molecule has 0 amide bonds. The Labute approximate surface area is 106 Å². The fourth-order valence-electron chi connectivity index (χ4n) is 1.82. The van der Waals surface area contributed by atoms with E-state index in [1.54, 1.807) is 0 Å². The minimum absolute atomic E-state index is 0.0551. The van der Waals surface area contributed by atoms with Crippen LogP contribution in [0.4, 0.5) is 10.2 Å². The average Bonchev–Trinajstić information content (AvgIpc) is 2.53. The second-order valence-corrected chi connectivity index (χ2v) is 4.33. The SMILES string of the molecule is C[C@@H](O)[C@H]1O[C@H](Nc2ccnc(=O)[nH]2)[C@](O)(F)[C@@H]1O. The first-order chi connectivity index (χ1) is 8.82. The van der Waals surface area contributed by atoms with Gasteiger partial charge in [-0.15, -0.1) is 0 Å². The van der Waals surface area contributed by atoms with Crippen LogP contribution in [-0.2, 0) is 4.74 Å². The zero-order chi connectivity index (χ0) is 14.2. The first kappa shape index (κ1) is 13.9. The lowest BCUT2D eigenvalue weighted by Crippen LogP contribution is -2.48. The lowest BCUT2D eigenvalue weighted by molar-refractivity contribution is -0.167. The van der Waals surface area contributed by atoms with Gasteiger partial charge in [0.2, 0.25) is 0 Å². The van der Waals surface area contributed by atoms with Crippen LogP contribution in [0.25, 0.3) is 0 Å². The first-order valence-corrected chi connectivity index (χ1v) is 5.57. The minimum atomic E-state index is -3.11. The second-order valence-electron chi connectivity index (χ2n) is 4.33. The average molecular weight is 275 g/mol. The Kier molecular flexibility index (Phi) is 3.54. The van der Waals surface area contributed by atoms with E-state index in [4.69, 9.17) is 4.74 Å². The van der Waals surface area contributed by atoms with E-state index in [2.05, 4.69) is 15.3 Å². The van der Waals surface area contributed by atoms with Crippen molar-refractivity contribution < 1.29 is 24.4 Å². The van der Waals surface area contributed by atoms with E-state index in [9.17, 15) is 24.5 Å². The number of aliphatic hydroxyl groups is 3. The highest BCUT2D eigenvalue weighted by Crippen LogP contribution is 2.34. The number of nitrogens with one attached hydrogen (secondary N) is 2. The van der Waals surface area contributed by atoms with E-state index in [0.717, 1.165) is 0 Å². The smallest absolute Gasteiger partial charge is 0.346 e. The van der Waals surface area contributed by atoms with Gasteiger partial charge in [0, 0.05) is 6.20 Å². The number of H-pyrrole nitrogens is 1. The van der Waals surface area contributed by atoms with Gasteiger partial charge in [-0.1, -0.05) is 0 Å². The van der Waals surface area contributed by atoms with Crippen LogP contribution in [-0.4, -0.2) is 55.7 Å². The Bertz CT molecular complexity index is 506. The molecular formula is C10H14FN3O5. The predicted octanol–water partition coefficient (Wildman–Crippen LogP) is -1.69. The molecule has 19 heavy (non-hydrogen) atoms. The van der Waals surface area contributed by atoms with Gasteiger partial charge in [0.25, 0.3) is 5.85 Å². The van der Waals surface area contributed by atoms with Gasteiger partial charge in [0.05, 0.1) is 6.10 Å². The van der Waals surface area contributed by atoms with Crippen LogP contribution in [0.1, 0.15) is 6.92 Å². The van der Waals surface area contributed by atoms with E-state index in [0.29, 0.717) is 0 Å². The molecule has 8 nitrogen and oxygen atoms in total. The molecule has 2 rings (SSSR count). The van der Waals surface area contributed by atoms with Crippen molar-refractivity contribution in [1.82, 2.24) is 9.97 Å². The van der Waals surface area contributed by atoms with Gasteiger partial charge >= 0.3 is 5.69 Å². The maximum Gasteiger partial charge on any atom is 0.346 e. The van der Waals surface area contributed by atoms with Gasteiger partial charge in [-0.3, -0.25) is 4.98 Å². The Morgan fingerprint density at radius 2 is 2.37 bits per heavy atom. The number of halogens is 1. The number of hydrogen-bond donors (Lipinski definition) is 5. The molecule has 0 unspecified atom stereocenters. The number of aliphatic hydroxyl groups excluding tert-OH is 2. The van der Waals surface area contributed by atoms with Gasteiger partial charge in [-0.2, -0.15) is 0 Å². The lowest BCUT2D eigenvalue weighted by Gasteiger charge is -2.23. The number of alkyl halides is 1. The van der Waals surface area contributed by atoms with Crippen molar-refractivity contribution >= 4 is 5.82 Å². The van der Waals surface area contributed by atoms with Crippen LogP contribution in [0.3, 0.4) is 0 Å². The van der Waals surface area contributed by atoms with Crippen LogP contribution < -0.4 is 11.0 Å². The van der Waals surface area contributed by atoms with Crippen molar-refractivity contribution in [2.45, 2.75) is 37.3 Å². The van der Waals surface area contributed by atoms with E-state index < -0.39 is 36.1 Å². The second kappa shape index (κ2) is 4.85. The molecule has 106 valence electrons. The van der Waals surface area contributed by atoms with Crippen molar-refractivity contribution in [3.05, 3.63) is 22.7 Å². The summed E-state index contributed by atoms with van der Waals surface area (Å²) in [6, 6.07) is 1.32. The molecule has 0 bridgehead atoms. The molecular weight excluding hydrogens is 261 g/mol. The number of hydrogen-bond acceptors (Lipinski definition) is 7. The summed E-state index contributed by atoms with van der Waals surface area (Å²) in [6.07, 6.45) is -4.85. The maximum absolute atomic E-state index is 14.0. The molecule has 5 atom stereocenters. The predicted molar refractivity (Wildman–Crippen MR) is 60.9 cm³/mol. The summed E-state index contributed by atoms with van der Waals surface area (Å²) in [5.41, 5.74) is -0.669. The van der Waals surface area contributed by atoms with Crippen LogP contribution in [0, 0.1) is 0 Å². The highest BCUT2D eigenvalue weighted by atomic mass is 19.2. The third-order valence-electron chi connectivity index (χ3n) is 2.82. The molecule has 1 aromatic heterocycles. The quantitative estimate of drug-likeness (QED) is 0.445. The molecule has 2 heterocycles. The van der Waals surface area contributed by atoms with Gasteiger partial charge in [-0.25, -0.2) is 14.2 Å². The topological polar surface area (TPSA) is 128 Å². The van der Waals surface area contributed by atoms with E-state index in [1.165, 1.54) is 19.2 Å². The van der Waals surface area contributed by atoms with Gasteiger partial charge in [-0.05, 0) is 13.0 Å². The summed E-state index contributed by atoms with van der Waals surface area (Å²) in [5, 5.41) is 30.8. The summed E-state index contributed by atoms with van der Waals surface area (Å²) >= 11 is 0. The zero-order valence-electron chi connectivity index (χ0n) is 9.95. The number of aromatic amines is 1. The molecule has 1 aromatic rings. The third kappa shape index (κ3) is 2.59. The van der Waals surface area contributed by atoms with Gasteiger partial charge < -0.3 is 25.4 Å². The number of anilines is 1. The molecule has 0 spiro atoms. The number of nitrogens with zero attached hydrogens (tertiary/aromatic N) is 1. The molecule has 1 aliphatic rings. The van der Waals surface area contributed by atoms with Crippen LogP contribution >= 0.6 is 0 Å². The van der Waals surface area contributed by atoms with Gasteiger partial charge in [0.1, 0.15) is 18.0 Å². The first-order valence-electron chi connectivity index (χ1n) is 5.57. The normalized spacial score (nSPS) is 36.2. The highest BCUT2D eigenvalue weighted by Gasteiger charge is 2.58. The van der Waals surface area contributed by atoms with Gasteiger partial charge in [0.15, 0.2) is 6.23 Å². The molecule has 0 saturated carbocycles. The number of aromatic nitrogens is 2. The monoisotopic (exact) mass is 275 g/mol. The van der Waals surface area contributed by atoms with Crippen LogP contribution in [0.15, 0.2) is 17.1 Å². The fraction of sp³-hybridized carbons (Fsp3) is 0.600. The van der Waals surface area contributed by atoms with E-state index in [1.807, 2.05) is 0 Å². The van der Waals surface area contributed by atoms with Crippen molar-refractivity contribution in [2.75, 3.05) is 5.32 Å². The van der Waals surface area contributed by atoms with E-state index in [-0.39, 0.29) is 5.82 Å². The molecule has 1 fully saturated rings.